The van der Waals surface area contributed by atoms with Gasteiger partial charge in [-0.3, -0.25) is 19.7 Å². The van der Waals surface area contributed by atoms with Crippen molar-refractivity contribution in [3.05, 3.63) is 35.4 Å². The second kappa shape index (κ2) is 9.88. The average Bonchev–Trinajstić information content (AvgIpc) is 3.06. The van der Waals surface area contributed by atoms with Gasteiger partial charge in [0.25, 0.3) is 5.91 Å². The van der Waals surface area contributed by atoms with Gasteiger partial charge in [0, 0.05) is 5.56 Å². The molecule has 10 heteroatoms. The zero-order valence-corrected chi connectivity index (χ0v) is 15.9. The summed E-state index contributed by atoms with van der Waals surface area (Å²) in [5.41, 5.74) is 1.43. The third kappa shape index (κ3) is 6.12. The lowest BCUT2D eigenvalue weighted by Gasteiger charge is -2.04. The van der Waals surface area contributed by atoms with Gasteiger partial charge in [0.1, 0.15) is 6.54 Å². The SMILES string of the molecule is CCOC(=O)CNC(=O)CSc1nnc(NC(=O)c2ccccc2C)s1. The highest BCUT2D eigenvalue weighted by Crippen LogP contribution is 2.25. The third-order valence-corrected chi connectivity index (χ3v) is 5.05. The van der Waals surface area contributed by atoms with Crippen LogP contribution in [0.25, 0.3) is 0 Å². The van der Waals surface area contributed by atoms with E-state index in [9.17, 15) is 14.4 Å². The van der Waals surface area contributed by atoms with Crippen LogP contribution in [-0.2, 0) is 14.3 Å². The van der Waals surface area contributed by atoms with Crippen LogP contribution in [0.3, 0.4) is 0 Å². The normalized spacial score (nSPS) is 10.2. The fourth-order valence-corrected chi connectivity index (χ4v) is 3.45. The molecular formula is C16H18N4O4S2. The highest BCUT2D eigenvalue weighted by Gasteiger charge is 2.13. The maximum atomic E-state index is 12.2. The molecule has 0 radical (unpaired) electrons. The summed E-state index contributed by atoms with van der Waals surface area (Å²) in [4.78, 5) is 35.1. The molecular weight excluding hydrogens is 376 g/mol. The largest absolute Gasteiger partial charge is 0.465 e. The van der Waals surface area contributed by atoms with E-state index in [1.165, 1.54) is 23.1 Å². The number of anilines is 1. The van der Waals surface area contributed by atoms with Crippen LogP contribution in [0.4, 0.5) is 5.13 Å². The number of esters is 1. The minimum absolute atomic E-state index is 0.0831. The van der Waals surface area contributed by atoms with Crippen LogP contribution in [0.15, 0.2) is 28.6 Å². The van der Waals surface area contributed by atoms with E-state index < -0.39 is 5.97 Å². The van der Waals surface area contributed by atoms with Crippen molar-refractivity contribution in [2.24, 2.45) is 0 Å². The van der Waals surface area contributed by atoms with Crippen LogP contribution in [0.1, 0.15) is 22.8 Å². The number of hydrogen-bond acceptors (Lipinski definition) is 8. The van der Waals surface area contributed by atoms with Crippen LogP contribution in [0.2, 0.25) is 0 Å². The van der Waals surface area contributed by atoms with Crippen LogP contribution < -0.4 is 10.6 Å². The van der Waals surface area contributed by atoms with E-state index in [1.54, 1.807) is 19.1 Å². The second-order valence-corrected chi connectivity index (χ2v) is 7.21. The van der Waals surface area contributed by atoms with E-state index in [4.69, 9.17) is 4.74 Å². The highest BCUT2D eigenvalue weighted by atomic mass is 32.2. The molecule has 2 N–H and O–H groups in total. The number of carbonyl (C=O) groups excluding carboxylic acids is 3. The Morgan fingerprint density at radius 1 is 1.23 bits per heavy atom. The van der Waals surface area contributed by atoms with Gasteiger partial charge in [0.05, 0.1) is 12.4 Å². The van der Waals surface area contributed by atoms with Gasteiger partial charge < -0.3 is 10.1 Å². The molecule has 26 heavy (non-hydrogen) atoms. The quantitative estimate of drug-likeness (QED) is 0.399. The fraction of sp³-hybridized carbons (Fsp3) is 0.312. The highest BCUT2D eigenvalue weighted by molar-refractivity contribution is 8.01. The molecule has 1 heterocycles. The Labute approximate surface area is 158 Å². The van der Waals surface area contributed by atoms with E-state index in [1.807, 2.05) is 19.1 Å². The van der Waals surface area contributed by atoms with Crippen molar-refractivity contribution in [3.8, 4) is 0 Å². The maximum absolute atomic E-state index is 12.2. The Morgan fingerprint density at radius 3 is 2.73 bits per heavy atom. The van der Waals surface area contributed by atoms with E-state index in [0.29, 0.717) is 15.0 Å². The third-order valence-electron chi connectivity index (χ3n) is 3.08. The number of ether oxygens (including phenoxy) is 1. The molecule has 0 saturated carbocycles. The predicted molar refractivity (Wildman–Crippen MR) is 99.4 cm³/mol. The number of amides is 2. The van der Waals surface area contributed by atoms with Crippen molar-refractivity contribution in [1.29, 1.82) is 0 Å². The summed E-state index contributed by atoms with van der Waals surface area (Å²) in [5, 5.41) is 13.3. The minimum atomic E-state index is -0.483. The molecule has 0 unspecified atom stereocenters. The summed E-state index contributed by atoms with van der Waals surface area (Å²) in [6, 6.07) is 7.23. The monoisotopic (exact) mass is 394 g/mol. The second-order valence-electron chi connectivity index (χ2n) is 5.01. The summed E-state index contributed by atoms with van der Waals surface area (Å²) in [6.45, 7) is 3.65. The van der Waals surface area contributed by atoms with E-state index in [-0.39, 0.29) is 30.7 Å². The van der Waals surface area contributed by atoms with Gasteiger partial charge in [-0.1, -0.05) is 41.3 Å². The molecule has 2 aromatic rings. The van der Waals surface area contributed by atoms with Gasteiger partial charge in [-0.2, -0.15) is 0 Å². The van der Waals surface area contributed by atoms with Crippen molar-refractivity contribution in [3.63, 3.8) is 0 Å². The number of rotatable bonds is 8. The van der Waals surface area contributed by atoms with Gasteiger partial charge in [0.15, 0.2) is 4.34 Å². The minimum Gasteiger partial charge on any atom is -0.465 e. The lowest BCUT2D eigenvalue weighted by Crippen LogP contribution is -2.31. The molecule has 2 rings (SSSR count). The fourth-order valence-electron chi connectivity index (χ4n) is 1.87. The van der Waals surface area contributed by atoms with Gasteiger partial charge in [-0.15, -0.1) is 10.2 Å². The lowest BCUT2D eigenvalue weighted by atomic mass is 10.1. The topological polar surface area (TPSA) is 110 Å². The Morgan fingerprint density at radius 2 is 2.00 bits per heavy atom. The van der Waals surface area contributed by atoms with Crippen LogP contribution in [0.5, 0.6) is 0 Å². The van der Waals surface area contributed by atoms with Crippen LogP contribution >= 0.6 is 23.1 Å². The molecule has 8 nitrogen and oxygen atoms in total. The molecule has 0 aliphatic carbocycles. The van der Waals surface area contributed by atoms with E-state index in [2.05, 4.69) is 20.8 Å². The molecule has 0 fully saturated rings. The number of aryl methyl sites for hydroxylation is 1. The van der Waals surface area contributed by atoms with Gasteiger partial charge in [0.2, 0.25) is 11.0 Å². The Kier molecular flexibility index (Phi) is 7.54. The first-order chi connectivity index (χ1) is 12.5. The van der Waals surface area contributed by atoms with Gasteiger partial charge >= 0.3 is 5.97 Å². The molecule has 0 saturated heterocycles. The van der Waals surface area contributed by atoms with Crippen LogP contribution in [-0.4, -0.2) is 46.9 Å². The molecule has 0 aliphatic heterocycles. The first-order valence-corrected chi connectivity index (χ1v) is 9.55. The molecule has 0 aliphatic rings. The standard InChI is InChI=1S/C16H18N4O4S2/c1-3-24-13(22)8-17-12(21)9-25-16-20-19-15(26-16)18-14(23)11-7-5-4-6-10(11)2/h4-7H,3,8-9H2,1-2H3,(H,17,21)(H,18,19,23). The van der Waals surface area contributed by atoms with Crippen molar-refractivity contribution in [2.45, 2.75) is 18.2 Å². The maximum Gasteiger partial charge on any atom is 0.325 e. The smallest absolute Gasteiger partial charge is 0.325 e. The summed E-state index contributed by atoms with van der Waals surface area (Å²) in [5.74, 6) is -0.977. The van der Waals surface area contributed by atoms with Crippen molar-refractivity contribution < 1.29 is 19.1 Å². The number of nitrogens with zero attached hydrogens (tertiary/aromatic N) is 2. The first kappa shape index (κ1) is 19.9. The molecule has 0 spiro atoms. The number of aromatic nitrogens is 2. The molecule has 0 atom stereocenters. The molecule has 138 valence electrons. The zero-order valence-electron chi connectivity index (χ0n) is 14.3. The van der Waals surface area contributed by atoms with Gasteiger partial charge in [-0.25, -0.2) is 0 Å². The van der Waals surface area contributed by atoms with Crippen LogP contribution in [0, 0.1) is 6.92 Å². The molecule has 1 aromatic heterocycles. The summed E-state index contributed by atoms with van der Waals surface area (Å²) >= 11 is 2.34. The number of thioether (sulfide) groups is 1. The van der Waals surface area contributed by atoms with Crippen molar-refractivity contribution in [1.82, 2.24) is 15.5 Å². The van der Waals surface area contributed by atoms with Crippen molar-refractivity contribution in [2.75, 3.05) is 24.2 Å². The Hall–Kier alpha value is -2.46. The zero-order chi connectivity index (χ0) is 18.9. The van der Waals surface area contributed by atoms with Gasteiger partial charge in [-0.05, 0) is 25.5 Å². The van der Waals surface area contributed by atoms with E-state index >= 15 is 0 Å². The molecule has 1 aromatic carbocycles. The van der Waals surface area contributed by atoms with E-state index in [0.717, 1.165) is 5.56 Å². The Bertz CT molecular complexity index is 794. The number of carbonyl (C=O) groups is 3. The van der Waals surface area contributed by atoms with Crippen molar-refractivity contribution >= 4 is 46.0 Å². The lowest BCUT2D eigenvalue weighted by molar-refractivity contribution is -0.143. The average molecular weight is 394 g/mol. The summed E-state index contributed by atoms with van der Waals surface area (Å²) < 4.78 is 5.26. The summed E-state index contributed by atoms with van der Waals surface area (Å²) in [7, 11) is 0. The first-order valence-electron chi connectivity index (χ1n) is 7.75. The number of nitrogens with one attached hydrogen (secondary N) is 2. The summed E-state index contributed by atoms with van der Waals surface area (Å²) in [6.07, 6.45) is 0. The molecule has 0 bridgehead atoms. The number of hydrogen-bond donors (Lipinski definition) is 2. The molecule has 2 amide bonds. The predicted octanol–water partition coefficient (Wildman–Crippen LogP) is 1.87. The number of benzene rings is 1. The Balaban J connectivity index is 1.80.